The number of hydrogen-bond donors (Lipinski definition) is 2. The van der Waals surface area contributed by atoms with E-state index in [0.29, 0.717) is 0 Å². The first-order chi connectivity index (χ1) is 14.0. The summed E-state index contributed by atoms with van der Waals surface area (Å²) in [6.07, 6.45) is -0.406. The molecule has 3 aromatic carbocycles. The molecule has 0 aromatic heterocycles. The van der Waals surface area contributed by atoms with Crippen LogP contribution in [0.15, 0.2) is 91.0 Å². The van der Waals surface area contributed by atoms with Gasteiger partial charge in [-0.05, 0) is 16.7 Å². The van der Waals surface area contributed by atoms with Crippen molar-refractivity contribution in [2.24, 2.45) is 5.92 Å². The van der Waals surface area contributed by atoms with Gasteiger partial charge in [0.05, 0.1) is 17.1 Å². The van der Waals surface area contributed by atoms with E-state index in [0.717, 1.165) is 16.7 Å². The maximum atomic E-state index is 11.7. The Bertz CT molecular complexity index is 846. The lowest BCUT2D eigenvalue weighted by atomic mass is 9.84. The summed E-state index contributed by atoms with van der Waals surface area (Å²) in [7, 11) is 0. The van der Waals surface area contributed by atoms with Gasteiger partial charge in [-0.15, -0.1) is 11.8 Å². The molecule has 0 amide bonds. The second-order valence-corrected chi connectivity index (χ2v) is 7.96. The number of carboxylic acid groups (broad SMARTS) is 2. The Morgan fingerprint density at radius 2 is 1.10 bits per heavy atom. The number of carbonyl (C=O) groups is 2. The summed E-state index contributed by atoms with van der Waals surface area (Å²) >= 11 is 1.46. The number of thioether (sulfide) groups is 1. The summed E-state index contributed by atoms with van der Waals surface area (Å²) in [6, 6.07) is 29.8. The molecule has 0 aliphatic heterocycles. The minimum Gasteiger partial charge on any atom is -0.481 e. The highest BCUT2D eigenvalue weighted by molar-refractivity contribution is 8.00. The molecule has 0 aliphatic rings. The fraction of sp³-hybridized carbons (Fsp3) is 0.167. The molecular formula is C24H22O4S. The molecule has 0 spiro atoms. The van der Waals surface area contributed by atoms with Gasteiger partial charge in [0, 0.05) is 5.75 Å². The lowest BCUT2D eigenvalue weighted by Gasteiger charge is -2.36. The summed E-state index contributed by atoms with van der Waals surface area (Å²) in [4.78, 5) is 22.9. The van der Waals surface area contributed by atoms with Gasteiger partial charge in [0.15, 0.2) is 0 Å². The lowest BCUT2D eigenvalue weighted by Crippen LogP contribution is -2.29. The molecule has 0 radical (unpaired) electrons. The van der Waals surface area contributed by atoms with Crippen LogP contribution in [0.1, 0.15) is 23.1 Å². The molecule has 0 aliphatic carbocycles. The van der Waals surface area contributed by atoms with Crippen LogP contribution in [0.2, 0.25) is 0 Å². The predicted molar refractivity (Wildman–Crippen MR) is 115 cm³/mol. The summed E-state index contributed by atoms with van der Waals surface area (Å²) < 4.78 is -0.657. The van der Waals surface area contributed by atoms with Gasteiger partial charge in [0.25, 0.3) is 0 Å². The largest absolute Gasteiger partial charge is 0.481 e. The van der Waals surface area contributed by atoms with Crippen molar-refractivity contribution in [3.8, 4) is 0 Å². The molecule has 0 saturated heterocycles. The molecule has 148 valence electrons. The molecule has 0 saturated carbocycles. The van der Waals surface area contributed by atoms with Crippen LogP contribution in [-0.4, -0.2) is 27.9 Å². The molecule has 4 nitrogen and oxygen atoms in total. The maximum absolute atomic E-state index is 11.7. The molecular weight excluding hydrogens is 384 g/mol. The third-order valence-corrected chi connectivity index (χ3v) is 6.52. The average Bonchev–Trinajstić information content (AvgIpc) is 2.75. The molecule has 0 bridgehead atoms. The van der Waals surface area contributed by atoms with Gasteiger partial charge in [0.2, 0.25) is 0 Å². The monoisotopic (exact) mass is 406 g/mol. The normalized spacial score (nSPS) is 12.3. The smallest absolute Gasteiger partial charge is 0.307 e. The van der Waals surface area contributed by atoms with Crippen molar-refractivity contribution in [2.45, 2.75) is 11.2 Å². The quantitative estimate of drug-likeness (QED) is 0.495. The summed E-state index contributed by atoms with van der Waals surface area (Å²) in [5.41, 5.74) is 3.05. The molecule has 0 fully saturated rings. The van der Waals surface area contributed by atoms with Gasteiger partial charge in [-0.2, -0.15) is 0 Å². The van der Waals surface area contributed by atoms with Crippen molar-refractivity contribution >= 4 is 23.7 Å². The highest BCUT2D eigenvalue weighted by atomic mass is 32.2. The van der Waals surface area contributed by atoms with E-state index >= 15 is 0 Å². The van der Waals surface area contributed by atoms with Crippen LogP contribution < -0.4 is 0 Å². The van der Waals surface area contributed by atoms with E-state index in [-0.39, 0.29) is 5.75 Å². The molecule has 3 rings (SSSR count). The number of benzene rings is 3. The van der Waals surface area contributed by atoms with Gasteiger partial charge >= 0.3 is 11.9 Å². The Kier molecular flexibility index (Phi) is 6.73. The Balaban J connectivity index is 2.14. The Morgan fingerprint density at radius 1 is 0.724 bits per heavy atom. The van der Waals surface area contributed by atoms with E-state index in [9.17, 15) is 14.7 Å². The van der Waals surface area contributed by atoms with Crippen LogP contribution in [0.5, 0.6) is 0 Å². The predicted octanol–water partition coefficient (Wildman–Crippen LogP) is 4.89. The highest BCUT2D eigenvalue weighted by Crippen LogP contribution is 2.49. The Morgan fingerprint density at radius 3 is 1.41 bits per heavy atom. The van der Waals surface area contributed by atoms with Gasteiger partial charge in [-0.3, -0.25) is 9.59 Å². The molecule has 5 heteroatoms. The van der Waals surface area contributed by atoms with E-state index in [1.807, 2.05) is 91.0 Å². The van der Waals surface area contributed by atoms with Gasteiger partial charge in [-0.1, -0.05) is 91.0 Å². The summed E-state index contributed by atoms with van der Waals surface area (Å²) in [6.45, 7) is 0. The van der Waals surface area contributed by atoms with Crippen molar-refractivity contribution in [1.82, 2.24) is 0 Å². The standard InChI is InChI=1S/C24H22O4S/c25-22(26)16-18(23(27)28)17-29-24(19-10-4-1-5-11-19,20-12-6-2-7-13-20)21-14-8-3-9-15-21/h1-15,18H,16-17H2,(H,25,26)(H,27,28). The summed E-state index contributed by atoms with van der Waals surface area (Å²) in [5.74, 6) is -3.01. The van der Waals surface area contributed by atoms with E-state index < -0.39 is 29.0 Å². The average molecular weight is 407 g/mol. The van der Waals surface area contributed by atoms with Crippen molar-refractivity contribution in [1.29, 1.82) is 0 Å². The molecule has 0 heterocycles. The highest BCUT2D eigenvalue weighted by Gasteiger charge is 2.38. The van der Waals surface area contributed by atoms with E-state index in [1.165, 1.54) is 11.8 Å². The third kappa shape index (κ3) is 4.69. The molecule has 1 unspecified atom stereocenters. The van der Waals surface area contributed by atoms with Crippen LogP contribution >= 0.6 is 11.8 Å². The van der Waals surface area contributed by atoms with Crippen LogP contribution in [0.25, 0.3) is 0 Å². The number of hydrogen-bond acceptors (Lipinski definition) is 3. The SMILES string of the molecule is O=C(O)CC(CSC(c1ccccc1)(c1ccccc1)c1ccccc1)C(=O)O. The number of rotatable bonds is 9. The first kappa shape index (κ1) is 20.7. The topological polar surface area (TPSA) is 74.6 Å². The third-order valence-electron chi connectivity index (χ3n) is 4.81. The van der Waals surface area contributed by atoms with Crippen molar-refractivity contribution in [3.05, 3.63) is 108 Å². The molecule has 1 atom stereocenters. The minimum absolute atomic E-state index is 0.167. The minimum atomic E-state index is -1.11. The maximum Gasteiger partial charge on any atom is 0.307 e. The number of carboxylic acids is 2. The van der Waals surface area contributed by atoms with Gasteiger partial charge in [0.1, 0.15) is 0 Å². The number of aliphatic carboxylic acids is 2. The zero-order chi connectivity index (χ0) is 20.7. The zero-order valence-electron chi connectivity index (χ0n) is 15.8. The first-order valence-electron chi connectivity index (χ1n) is 9.29. The Labute approximate surface area is 174 Å². The first-order valence-corrected chi connectivity index (χ1v) is 10.3. The van der Waals surface area contributed by atoms with E-state index in [1.54, 1.807) is 0 Å². The van der Waals surface area contributed by atoms with Crippen LogP contribution in [0.3, 0.4) is 0 Å². The molecule has 2 N–H and O–H groups in total. The van der Waals surface area contributed by atoms with Crippen molar-refractivity contribution in [2.75, 3.05) is 5.75 Å². The van der Waals surface area contributed by atoms with E-state index in [2.05, 4.69) is 0 Å². The van der Waals surface area contributed by atoms with Crippen molar-refractivity contribution < 1.29 is 19.8 Å². The fourth-order valence-corrected chi connectivity index (χ4v) is 5.04. The second kappa shape index (κ2) is 9.43. The van der Waals surface area contributed by atoms with Crippen LogP contribution in [0.4, 0.5) is 0 Å². The lowest BCUT2D eigenvalue weighted by molar-refractivity contribution is -0.147. The fourth-order valence-electron chi connectivity index (χ4n) is 3.42. The van der Waals surface area contributed by atoms with Crippen LogP contribution in [0, 0.1) is 5.92 Å². The van der Waals surface area contributed by atoms with Gasteiger partial charge < -0.3 is 10.2 Å². The zero-order valence-corrected chi connectivity index (χ0v) is 16.6. The summed E-state index contributed by atoms with van der Waals surface area (Å²) in [5, 5.41) is 18.7. The van der Waals surface area contributed by atoms with Crippen molar-refractivity contribution in [3.63, 3.8) is 0 Å². The van der Waals surface area contributed by atoms with Gasteiger partial charge in [-0.25, -0.2) is 0 Å². The Hall–Kier alpha value is -3.05. The second-order valence-electron chi connectivity index (χ2n) is 6.72. The molecule has 29 heavy (non-hydrogen) atoms. The molecule has 3 aromatic rings. The van der Waals surface area contributed by atoms with Crippen LogP contribution in [-0.2, 0) is 14.3 Å². The van der Waals surface area contributed by atoms with E-state index in [4.69, 9.17) is 5.11 Å².